The van der Waals surface area contributed by atoms with Gasteiger partial charge in [-0.05, 0) is 13.0 Å². The van der Waals surface area contributed by atoms with E-state index in [2.05, 4.69) is 25.7 Å². The molecule has 0 unspecified atom stereocenters. The summed E-state index contributed by atoms with van der Waals surface area (Å²) in [4.78, 5) is 15.0. The molecular weight excluding hydrogens is 425 g/mol. The van der Waals surface area contributed by atoms with Gasteiger partial charge in [-0.15, -0.1) is 35.3 Å². The maximum Gasteiger partial charge on any atom is 0.218 e. The summed E-state index contributed by atoms with van der Waals surface area (Å²) in [6.07, 6.45) is 1.72. The molecule has 8 heteroatoms. The van der Waals surface area contributed by atoms with Gasteiger partial charge in [-0.25, -0.2) is 9.97 Å². The van der Waals surface area contributed by atoms with Crippen molar-refractivity contribution in [3.63, 3.8) is 0 Å². The summed E-state index contributed by atoms with van der Waals surface area (Å²) in [6.45, 7) is 3.33. The molecule has 0 fully saturated rings. The number of rotatable bonds is 5. The summed E-state index contributed by atoms with van der Waals surface area (Å²) in [5.74, 6) is 1.43. The van der Waals surface area contributed by atoms with E-state index >= 15 is 0 Å². The number of thiazole rings is 1. The summed E-state index contributed by atoms with van der Waals surface area (Å²) in [5, 5.41) is 6.47. The zero-order valence-corrected chi connectivity index (χ0v) is 16.9. The predicted octanol–water partition coefficient (Wildman–Crippen LogP) is 2.68. The topological polar surface area (TPSA) is 62.6 Å². The van der Waals surface area contributed by atoms with E-state index in [1.807, 2.05) is 31.0 Å². The first-order chi connectivity index (χ1) is 10.6. The summed E-state index contributed by atoms with van der Waals surface area (Å²) in [7, 11) is 5.38. The number of methoxy groups -OCH3 is 1. The van der Waals surface area contributed by atoms with Crippen molar-refractivity contribution in [3.8, 4) is 5.88 Å². The lowest BCUT2D eigenvalue weighted by atomic mass is 10.2. The van der Waals surface area contributed by atoms with Crippen molar-refractivity contribution >= 4 is 41.3 Å². The Morgan fingerprint density at radius 1 is 1.48 bits per heavy atom. The van der Waals surface area contributed by atoms with E-state index < -0.39 is 0 Å². The van der Waals surface area contributed by atoms with Crippen molar-refractivity contribution in [2.75, 3.05) is 21.2 Å². The zero-order chi connectivity index (χ0) is 15.9. The SMILES string of the molecule is CN=C(NCc1cccnc1OC)N(C)Cc1csc(C)n1.I. The van der Waals surface area contributed by atoms with E-state index in [9.17, 15) is 0 Å². The number of pyridine rings is 1. The fourth-order valence-corrected chi connectivity index (χ4v) is 2.70. The molecule has 126 valence electrons. The molecule has 0 aliphatic rings. The number of hydrogen-bond acceptors (Lipinski definition) is 5. The van der Waals surface area contributed by atoms with E-state index in [1.54, 1.807) is 31.7 Å². The van der Waals surface area contributed by atoms with Crippen molar-refractivity contribution < 1.29 is 4.74 Å². The minimum absolute atomic E-state index is 0. The highest BCUT2D eigenvalue weighted by molar-refractivity contribution is 14.0. The first-order valence-corrected chi connectivity index (χ1v) is 7.82. The van der Waals surface area contributed by atoms with Gasteiger partial charge < -0.3 is 15.0 Å². The van der Waals surface area contributed by atoms with E-state index in [0.717, 1.165) is 22.2 Å². The first kappa shape index (κ1) is 19.6. The lowest BCUT2D eigenvalue weighted by molar-refractivity contribution is 0.391. The molecule has 0 aliphatic carbocycles. The largest absolute Gasteiger partial charge is 0.481 e. The van der Waals surface area contributed by atoms with Crippen LogP contribution >= 0.6 is 35.3 Å². The van der Waals surface area contributed by atoms with Crippen LogP contribution in [0.4, 0.5) is 0 Å². The number of guanidine groups is 1. The molecule has 0 bridgehead atoms. The van der Waals surface area contributed by atoms with Crippen LogP contribution in [0.3, 0.4) is 0 Å². The fraction of sp³-hybridized carbons (Fsp3) is 0.400. The van der Waals surface area contributed by atoms with Gasteiger partial charge in [0.1, 0.15) is 0 Å². The Labute approximate surface area is 158 Å². The average Bonchev–Trinajstić information content (AvgIpc) is 2.93. The second-order valence-electron chi connectivity index (χ2n) is 4.79. The van der Waals surface area contributed by atoms with Crippen molar-refractivity contribution in [1.29, 1.82) is 0 Å². The first-order valence-electron chi connectivity index (χ1n) is 6.94. The molecule has 0 atom stereocenters. The van der Waals surface area contributed by atoms with Crippen LogP contribution in [0.5, 0.6) is 5.88 Å². The highest BCUT2D eigenvalue weighted by Crippen LogP contribution is 2.13. The molecule has 6 nitrogen and oxygen atoms in total. The molecule has 0 saturated heterocycles. The monoisotopic (exact) mass is 447 g/mol. The predicted molar refractivity (Wildman–Crippen MR) is 105 cm³/mol. The molecule has 0 amide bonds. The summed E-state index contributed by atoms with van der Waals surface area (Å²) in [5.41, 5.74) is 2.04. The fourth-order valence-electron chi connectivity index (χ4n) is 2.10. The Morgan fingerprint density at radius 2 is 2.26 bits per heavy atom. The Hall–Kier alpha value is -1.42. The minimum atomic E-state index is 0. The van der Waals surface area contributed by atoms with Crippen molar-refractivity contribution in [2.24, 2.45) is 4.99 Å². The number of aliphatic imine (C=N–C) groups is 1. The second kappa shape index (κ2) is 9.66. The highest BCUT2D eigenvalue weighted by atomic mass is 127. The molecule has 2 heterocycles. The second-order valence-corrected chi connectivity index (χ2v) is 5.85. The van der Waals surface area contributed by atoms with Gasteiger partial charge in [0.2, 0.25) is 5.88 Å². The third-order valence-corrected chi connectivity index (χ3v) is 3.94. The molecule has 0 radical (unpaired) electrons. The highest BCUT2D eigenvalue weighted by Gasteiger charge is 2.10. The molecule has 0 aromatic carbocycles. The third kappa shape index (κ3) is 5.61. The quantitative estimate of drug-likeness (QED) is 0.434. The van der Waals surface area contributed by atoms with Crippen LogP contribution in [0.1, 0.15) is 16.3 Å². The third-order valence-electron chi connectivity index (χ3n) is 3.12. The number of aryl methyl sites for hydroxylation is 1. The minimum Gasteiger partial charge on any atom is -0.481 e. The maximum atomic E-state index is 5.26. The normalized spacial score (nSPS) is 10.9. The molecule has 2 rings (SSSR count). The number of nitrogens with one attached hydrogen (secondary N) is 1. The van der Waals surface area contributed by atoms with Crippen LogP contribution in [-0.4, -0.2) is 42.0 Å². The molecule has 2 aromatic rings. The number of nitrogens with zero attached hydrogens (tertiary/aromatic N) is 4. The summed E-state index contributed by atoms with van der Waals surface area (Å²) < 4.78 is 5.26. The van der Waals surface area contributed by atoms with Crippen LogP contribution in [0.15, 0.2) is 28.7 Å². The molecule has 0 spiro atoms. The lowest BCUT2D eigenvalue weighted by Crippen LogP contribution is -2.38. The van der Waals surface area contributed by atoms with Crippen molar-refractivity contribution in [2.45, 2.75) is 20.0 Å². The number of hydrogen-bond donors (Lipinski definition) is 1. The van der Waals surface area contributed by atoms with Crippen LogP contribution < -0.4 is 10.1 Å². The van der Waals surface area contributed by atoms with Gasteiger partial charge >= 0.3 is 0 Å². The maximum absolute atomic E-state index is 5.26. The zero-order valence-electron chi connectivity index (χ0n) is 13.7. The van der Waals surface area contributed by atoms with Gasteiger partial charge in [-0.2, -0.15) is 0 Å². The summed E-state index contributed by atoms with van der Waals surface area (Å²) in [6, 6.07) is 3.87. The summed E-state index contributed by atoms with van der Waals surface area (Å²) >= 11 is 1.66. The van der Waals surface area contributed by atoms with E-state index in [1.165, 1.54) is 0 Å². The van der Waals surface area contributed by atoms with Gasteiger partial charge in [-0.3, -0.25) is 4.99 Å². The molecule has 1 N–H and O–H groups in total. The molecule has 0 aliphatic heterocycles. The van der Waals surface area contributed by atoms with Gasteiger partial charge in [-0.1, -0.05) is 6.07 Å². The average molecular weight is 447 g/mol. The lowest BCUT2D eigenvalue weighted by Gasteiger charge is -2.21. The Bertz CT molecular complexity index is 646. The Kier molecular flexibility index (Phi) is 8.24. The van der Waals surface area contributed by atoms with Crippen LogP contribution in [0.2, 0.25) is 0 Å². The van der Waals surface area contributed by atoms with Gasteiger partial charge in [0.15, 0.2) is 5.96 Å². The smallest absolute Gasteiger partial charge is 0.218 e. The Morgan fingerprint density at radius 3 is 2.87 bits per heavy atom. The van der Waals surface area contributed by atoms with Gasteiger partial charge in [0.05, 0.1) is 24.4 Å². The number of ether oxygens (including phenoxy) is 1. The molecule has 0 saturated carbocycles. The number of halogens is 1. The van der Waals surface area contributed by atoms with Crippen LogP contribution in [0.25, 0.3) is 0 Å². The Balaban J connectivity index is 0.00000264. The number of aromatic nitrogens is 2. The van der Waals surface area contributed by atoms with E-state index in [-0.39, 0.29) is 24.0 Å². The standard InChI is InChI=1S/C15H21N5OS.HI/c1-11-19-13(10-22-11)9-20(3)15(16-2)18-8-12-6-5-7-17-14(12)21-4;/h5-7,10H,8-9H2,1-4H3,(H,16,18);1H. The van der Waals surface area contributed by atoms with Crippen LogP contribution in [0, 0.1) is 6.92 Å². The van der Waals surface area contributed by atoms with Crippen molar-refractivity contribution in [3.05, 3.63) is 40.0 Å². The van der Waals surface area contributed by atoms with Crippen molar-refractivity contribution in [1.82, 2.24) is 20.2 Å². The molecule has 2 aromatic heterocycles. The van der Waals surface area contributed by atoms with Gasteiger partial charge in [0.25, 0.3) is 0 Å². The molecule has 23 heavy (non-hydrogen) atoms. The van der Waals surface area contributed by atoms with Crippen LogP contribution in [-0.2, 0) is 13.1 Å². The van der Waals surface area contributed by atoms with E-state index in [0.29, 0.717) is 19.0 Å². The molecular formula is C15H22IN5OS. The van der Waals surface area contributed by atoms with Gasteiger partial charge in [0, 0.05) is 37.8 Å². The van der Waals surface area contributed by atoms with E-state index in [4.69, 9.17) is 4.74 Å².